The molecule has 0 unspecified atom stereocenters. The molecule has 0 aliphatic rings. The van der Waals surface area contributed by atoms with Crippen LogP contribution in [0.2, 0.25) is 5.02 Å². The summed E-state index contributed by atoms with van der Waals surface area (Å²) in [5.74, 6) is -0.390. The fraction of sp³-hybridized carbons (Fsp3) is 0.250. The zero-order chi connectivity index (χ0) is 23.8. The Morgan fingerprint density at radius 2 is 2.03 bits per heavy atom. The van der Waals surface area contributed by atoms with Crippen LogP contribution in [0.1, 0.15) is 38.9 Å². The number of nitrogens with one attached hydrogen (secondary N) is 2. The van der Waals surface area contributed by atoms with Crippen molar-refractivity contribution in [1.29, 1.82) is 0 Å². The van der Waals surface area contributed by atoms with Gasteiger partial charge in [0.2, 0.25) is 0 Å². The number of carbonyl (C=O) groups excluding carboxylic acids is 1. The third-order valence-electron chi connectivity index (χ3n) is 4.77. The molecule has 4 aromatic rings. The molecule has 33 heavy (non-hydrogen) atoms. The highest BCUT2D eigenvalue weighted by Crippen LogP contribution is 2.36. The van der Waals surface area contributed by atoms with Crippen LogP contribution in [0.15, 0.2) is 36.9 Å². The topological polar surface area (TPSA) is 97.6 Å². The van der Waals surface area contributed by atoms with Gasteiger partial charge < -0.3 is 10.6 Å². The summed E-state index contributed by atoms with van der Waals surface area (Å²) in [6.07, 6.45) is -0.0911. The van der Waals surface area contributed by atoms with Gasteiger partial charge in [0.1, 0.15) is 17.0 Å². The monoisotopic (exact) mass is 495 g/mol. The molecule has 1 amide bonds. The molecule has 0 saturated heterocycles. The lowest BCUT2D eigenvalue weighted by Gasteiger charge is -2.12. The third-order valence-corrected chi connectivity index (χ3v) is 6.28. The number of fused-ring (bicyclic) bond motifs is 1. The second-order valence-electron chi connectivity index (χ2n) is 7.13. The normalized spacial score (nSPS) is 12.7. The van der Waals surface area contributed by atoms with Gasteiger partial charge in [-0.3, -0.25) is 9.48 Å². The van der Waals surface area contributed by atoms with E-state index in [1.807, 2.05) is 0 Å². The Hall–Kier alpha value is -3.25. The van der Waals surface area contributed by atoms with Crippen LogP contribution in [0.3, 0.4) is 0 Å². The van der Waals surface area contributed by atoms with Crippen molar-refractivity contribution in [2.75, 3.05) is 5.32 Å². The number of benzene rings is 1. The van der Waals surface area contributed by atoms with E-state index in [1.54, 1.807) is 24.9 Å². The predicted molar refractivity (Wildman–Crippen MR) is 118 cm³/mol. The summed E-state index contributed by atoms with van der Waals surface area (Å²) in [7, 11) is 1.72. The van der Waals surface area contributed by atoms with E-state index in [9.17, 15) is 18.0 Å². The minimum atomic E-state index is -4.54. The molecule has 0 fully saturated rings. The molecule has 3 heterocycles. The average Bonchev–Trinajstić information content (AvgIpc) is 3.39. The molecular formula is C20H17ClF3N7OS. The molecular weight excluding hydrogens is 479 g/mol. The van der Waals surface area contributed by atoms with Crippen LogP contribution < -0.4 is 10.6 Å². The van der Waals surface area contributed by atoms with Crippen LogP contribution >= 0.6 is 22.9 Å². The number of rotatable bonds is 6. The van der Waals surface area contributed by atoms with Gasteiger partial charge in [-0.1, -0.05) is 11.6 Å². The van der Waals surface area contributed by atoms with Gasteiger partial charge in [-0.25, -0.2) is 15.0 Å². The lowest BCUT2D eigenvalue weighted by molar-refractivity contribution is -0.137. The molecule has 8 nitrogen and oxygen atoms in total. The van der Waals surface area contributed by atoms with E-state index < -0.39 is 23.7 Å². The molecule has 0 saturated carbocycles. The van der Waals surface area contributed by atoms with E-state index in [0.717, 1.165) is 10.9 Å². The first-order valence-corrected chi connectivity index (χ1v) is 10.8. The molecule has 172 valence electrons. The standard InChI is InChI=1S/C20H17ClF3N7OS/c1-10(30-18(32)16-13-8-29-31(2)17(13)28-9-27-16)19-26-7-12(33-19)6-25-11-3-4-15(21)14(5-11)20(22,23)24/h3-5,7-10,25H,6H2,1-2H3,(H,30,32)/t10-/m0/s1. The minimum Gasteiger partial charge on any atom is -0.380 e. The summed E-state index contributed by atoms with van der Waals surface area (Å²) in [6.45, 7) is 2.05. The van der Waals surface area contributed by atoms with E-state index in [0.29, 0.717) is 16.0 Å². The lowest BCUT2D eigenvalue weighted by Crippen LogP contribution is -2.27. The van der Waals surface area contributed by atoms with Crippen LogP contribution in [-0.4, -0.2) is 30.6 Å². The largest absolute Gasteiger partial charge is 0.417 e. The number of aromatic nitrogens is 5. The van der Waals surface area contributed by atoms with Crippen LogP contribution in [0.25, 0.3) is 11.0 Å². The van der Waals surface area contributed by atoms with Crippen molar-refractivity contribution < 1.29 is 18.0 Å². The number of anilines is 1. The number of halogens is 4. The highest BCUT2D eigenvalue weighted by Gasteiger charge is 2.33. The zero-order valence-electron chi connectivity index (χ0n) is 17.3. The Morgan fingerprint density at radius 1 is 1.24 bits per heavy atom. The first-order chi connectivity index (χ1) is 15.6. The second kappa shape index (κ2) is 8.94. The van der Waals surface area contributed by atoms with Crippen molar-refractivity contribution in [3.63, 3.8) is 0 Å². The number of amides is 1. The van der Waals surface area contributed by atoms with Crippen molar-refractivity contribution in [2.24, 2.45) is 7.05 Å². The van der Waals surface area contributed by atoms with Gasteiger partial charge in [0.15, 0.2) is 5.65 Å². The maximum Gasteiger partial charge on any atom is 0.417 e. The smallest absolute Gasteiger partial charge is 0.380 e. The number of thiazole rings is 1. The Bertz CT molecular complexity index is 1320. The maximum atomic E-state index is 13.0. The number of hydrogen-bond acceptors (Lipinski definition) is 7. The number of hydrogen-bond donors (Lipinski definition) is 2. The van der Waals surface area contributed by atoms with Crippen molar-refractivity contribution in [3.05, 3.63) is 63.1 Å². The van der Waals surface area contributed by atoms with Crippen LogP contribution in [-0.2, 0) is 19.8 Å². The molecule has 0 aliphatic carbocycles. The van der Waals surface area contributed by atoms with Crippen LogP contribution in [0.4, 0.5) is 18.9 Å². The van der Waals surface area contributed by atoms with Crippen molar-refractivity contribution in [3.8, 4) is 0 Å². The third kappa shape index (κ3) is 4.91. The van der Waals surface area contributed by atoms with Gasteiger partial charge >= 0.3 is 6.18 Å². The fourth-order valence-electron chi connectivity index (χ4n) is 3.12. The number of carbonyl (C=O) groups is 1. The summed E-state index contributed by atoms with van der Waals surface area (Å²) < 4.78 is 40.6. The molecule has 0 radical (unpaired) electrons. The molecule has 0 spiro atoms. The molecule has 4 rings (SSSR count). The molecule has 0 bridgehead atoms. The highest BCUT2D eigenvalue weighted by molar-refractivity contribution is 7.11. The van der Waals surface area contributed by atoms with Gasteiger partial charge in [-0.2, -0.15) is 18.3 Å². The van der Waals surface area contributed by atoms with Crippen LogP contribution in [0.5, 0.6) is 0 Å². The van der Waals surface area contributed by atoms with E-state index in [-0.39, 0.29) is 22.9 Å². The lowest BCUT2D eigenvalue weighted by atomic mass is 10.2. The fourth-order valence-corrected chi connectivity index (χ4v) is 4.20. The van der Waals surface area contributed by atoms with E-state index in [2.05, 4.69) is 30.7 Å². The number of aryl methyl sites for hydroxylation is 1. The summed E-state index contributed by atoms with van der Waals surface area (Å²) in [6, 6.07) is 3.23. The van der Waals surface area contributed by atoms with Gasteiger partial charge in [-0.05, 0) is 25.1 Å². The Morgan fingerprint density at radius 3 is 2.79 bits per heavy atom. The van der Waals surface area contributed by atoms with Crippen molar-refractivity contribution in [1.82, 2.24) is 30.0 Å². The summed E-state index contributed by atoms with van der Waals surface area (Å²) in [5.41, 5.74) is 0.137. The molecule has 0 aliphatic heterocycles. The van der Waals surface area contributed by atoms with E-state index in [1.165, 1.54) is 36.0 Å². The summed E-state index contributed by atoms with van der Waals surface area (Å²) in [5, 5.41) is 10.7. The van der Waals surface area contributed by atoms with Crippen molar-refractivity contribution in [2.45, 2.75) is 25.7 Å². The number of nitrogens with zero attached hydrogens (tertiary/aromatic N) is 5. The Kier molecular flexibility index (Phi) is 6.21. The van der Waals surface area contributed by atoms with Gasteiger partial charge in [0.05, 0.1) is 34.8 Å². The van der Waals surface area contributed by atoms with Crippen molar-refractivity contribution >= 4 is 45.6 Å². The van der Waals surface area contributed by atoms with Gasteiger partial charge in [0.25, 0.3) is 5.91 Å². The zero-order valence-corrected chi connectivity index (χ0v) is 18.9. The molecule has 3 aromatic heterocycles. The molecule has 1 aromatic carbocycles. The Labute approximate surface area is 194 Å². The second-order valence-corrected chi connectivity index (χ2v) is 8.69. The summed E-state index contributed by atoms with van der Waals surface area (Å²) in [4.78, 5) is 26.0. The van der Waals surface area contributed by atoms with Gasteiger partial charge in [-0.15, -0.1) is 11.3 Å². The van der Waals surface area contributed by atoms with E-state index in [4.69, 9.17) is 11.6 Å². The van der Waals surface area contributed by atoms with Gasteiger partial charge in [0, 0.05) is 23.8 Å². The first-order valence-electron chi connectivity index (χ1n) is 9.62. The Balaban J connectivity index is 1.41. The average molecular weight is 496 g/mol. The summed E-state index contributed by atoms with van der Waals surface area (Å²) >= 11 is 6.98. The van der Waals surface area contributed by atoms with E-state index >= 15 is 0 Å². The quantitative estimate of drug-likeness (QED) is 0.406. The molecule has 13 heteroatoms. The van der Waals surface area contributed by atoms with Crippen LogP contribution in [0, 0.1) is 0 Å². The predicted octanol–water partition coefficient (Wildman–Crippen LogP) is 4.60. The number of alkyl halides is 3. The minimum absolute atomic E-state index is 0.210. The molecule has 2 N–H and O–H groups in total. The maximum absolute atomic E-state index is 13.0. The highest BCUT2D eigenvalue weighted by atomic mass is 35.5. The first kappa shape index (κ1) is 22.9. The molecule has 1 atom stereocenters. The SMILES string of the molecule is C[C@H](NC(=O)c1ncnc2c1cnn2C)c1ncc(CNc2ccc(Cl)c(C(F)(F)F)c2)s1.